The van der Waals surface area contributed by atoms with Crippen molar-refractivity contribution in [3.8, 4) is 0 Å². The molecule has 1 aromatic heterocycles. The molecule has 0 unspecified atom stereocenters. The van der Waals surface area contributed by atoms with Crippen LogP contribution in [0.5, 0.6) is 0 Å². The Balaban J connectivity index is 1.60. The summed E-state index contributed by atoms with van der Waals surface area (Å²) in [4.78, 5) is 36.3. The van der Waals surface area contributed by atoms with Gasteiger partial charge < -0.3 is 20.4 Å². The van der Waals surface area contributed by atoms with Crippen molar-refractivity contribution < 1.29 is 9.59 Å². The summed E-state index contributed by atoms with van der Waals surface area (Å²) in [6, 6.07) is -0.350. The number of hydrogen-bond acceptors (Lipinski definition) is 5. The van der Waals surface area contributed by atoms with Gasteiger partial charge in [-0.15, -0.1) is 0 Å². The molecule has 1 aliphatic carbocycles. The fraction of sp³-hybridized carbons (Fsp3) is 0.600. The summed E-state index contributed by atoms with van der Waals surface area (Å²) in [5, 5.41) is 5.74. The van der Waals surface area contributed by atoms with Gasteiger partial charge in [-0.25, -0.2) is 14.8 Å². The van der Waals surface area contributed by atoms with Gasteiger partial charge in [0.1, 0.15) is 6.04 Å². The highest BCUT2D eigenvalue weighted by Crippen LogP contribution is 2.23. The number of carbonyl (C=O) groups excluding carboxylic acids is 2. The molecule has 23 heavy (non-hydrogen) atoms. The first-order valence-electron chi connectivity index (χ1n) is 7.92. The first kappa shape index (κ1) is 15.5. The van der Waals surface area contributed by atoms with Crippen LogP contribution in [0.15, 0.2) is 12.4 Å². The van der Waals surface area contributed by atoms with Crippen LogP contribution in [-0.4, -0.2) is 59.5 Å². The van der Waals surface area contributed by atoms with E-state index in [4.69, 9.17) is 0 Å². The lowest BCUT2D eigenvalue weighted by Crippen LogP contribution is -2.48. The second-order valence-electron chi connectivity index (χ2n) is 6.23. The molecule has 0 spiro atoms. The zero-order chi connectivity index (χ0) is 16.4. The number of likely N-dealkylation sites (tertiary alicyclic amines) is 1. The van der Waals surface area contributed by atoms with Crippen molar-refractivity contribution in [2.45, 2.75) is 37.8 Å². The maximum atomic E-state index is 12.4. The van der Waals surface area contributed by atoms with Crippen molar-refractivity contribution in [1.29, 1.82) is 0 Å². The van der Waals surface area contributed by atoms with E-state index in [0.717, 1.165) is 19.3 Å². The topological polar surface area (TPSA) is 90.5 Å². The third-order valence-corrected chi connectivity index (χ3v) is 4.03. The number of amides is 3. The summed E-state index contributed by atoms with van der Waals surface area (Å²) in [6.07, 6.45) is 6.76. The Hall–Kier alpha value is -2.38. The summed E-state index contributed by atoms with van der Waals surface area (Å²) in [5.41, 5.74) is 0.522. The number of anilines is 2. The molecule has 1 atom stereocenters. The summed E-state index contributed by atoms with van der Waals surface area (Å²) < 4.78 is 0. The highest BCUT2D eigenvalue weighted by molar-refractivity contribution is 5.94. The fourth-order valence-electron chi connectivity index (χ4n) is 2.62. The average Bonchev–Trinajstić information content (AvgIpc) is 3.19. The molecule has 8 heteroatoms. The number of nitrogens with zero attached hydrogens (tertiary/aromatic N) is 4. The molecule has 8 nitrogen and oxygen atoms in total. The molecule has 0 aromatic carbocycles. The van der Waals surface area contributed by atoms with E-state index in [1.807, 2.05) is 14.1 Å². The van der Waals surface area contributed by atoms with Crippen LogP contribution in [0.3, 0.4) is 0 Å². The molecule has 1 aliphatic heterocycles. The Morgan fingerprint density at radius 2 is 1.91 bits per heavy atom. The maximum Gasteiger partial charge on any atom is 0.322 e. The lowest BCUT2D eigenvalue weighted by Gasteiger charge is -2.24. The van der Waals surface area contributed by atoms with Crippen LogP contribution in [-0.2, 0) is 4.79 Å². The van der Waals surface area contributed by atoms with Crippen LogP contribution in [0.4, 0.5) is 16.4 Å². The largest absolute Gasteiger partial charge is 0.352 e. The second-order valence-corrected chi connectivity index (χ2v) is 6.23. The van der Waals surface area contributed by atoms with Crippen LogP contribution < -0.4 is 15.5 Å². The molecule has 2 heterocycles. The predicted octanol–water partition coefficient (Wildman–Crippen LogP) is 0.817. The molecule has 3 rings (SSSR count). The number of nitrogens with one attached hydrogen (secondary N) is 2. The van der Waals surface area contributed by atoms with E-state index < -0.39 is 0 Å². The van der Waals surface area contributed by atoms with E-state index in [-0.39, 0.29) is 18.0 Å². The molecule has 2 fully saturated rings. The monoisotopic (exact) mass is 318 g/mol. The predicted molar refractivity (Wildman–Crippen MR) is 86.3 cm³/mol. The minimum Gasteiger partial charge on any atom is -0.352 e. The molecular formula is C15H22N6O2. The average molecular weight is 318 g/mol. The lowest BCUT2D eigenvalue weighted by atomic mass is 10.2. The highest BCUT2D eigenvalue weighted by atomic mass is 16.2. The van der Waals surface area contributed by atoms with Gasteiger partial charge in [-0.3, -0.25) is 4.79 Å². The molecular weight excluding hydrogens is 296 g/mol. The first-order valence-corrected chi connectivity index (χ1v) is 7.92. The van der Waals surface area contributed by atoms with Gasteiger partial charge in [0.15, 0.2) is 0 Å². The number of hydrogen-bond donors (Lipinski definition) is 2. The normalized spacial score (nSPS) is 20.3. The van der Waals surface area contributed by atoms with E-state index in [1.54, 1.807) is 22.2 Å². The van der Waals surface area contributed by atoms with Crippen molar-refractivity contribution in [2.24, 2.45) is 0 Å². The van der Waals surface area contributed by atoms with E-state index in [1.165, 1.54) is 0 Å². The Morgan fingerprint density at radius 3 is 2.52 bits per heavy atom. The Morgan fingerprint density at radius 1 is 1.22 bits per heavy atom. The molecule has 1 saturated heterocycles. The molecule has 1 saturated carbocycles. The third-order valence-electron chi connectivity index (χ3n) is 4.03. The van der Waals surface area contributed by atoms with Gasteiger partial charge in [0.25, 0.3) is 0 Å². The summed E-state index contributed by atoms with van der Waals surface area (Å²) in [7, 11) is 3.70. The Kier molecular flexibility index (Phi) is 4.31. The van der Waals surface area contributed by atoms with Crippen LogP contribution in [0.1, 0.15) is 25.7 Å². The molecule has 3 amide bonds. The van der Waals surface area contributed by atoms with Crippen LogP contribution in [0.25, 0.3) is 0 Å². The summed E-state index contributed by atoms with van der Waals surface area (Å²) in [6.45, 7) is 0.589. The van der Waals surface area contributed by atoms with Crippen LogP contribution in [0.2, 0.25) is 0 Å². The SMILES string of the molecule is CN(C)c1ncc(NC(=O)N2CCC[C@@H]2C(=O)NC2CC2)cn1. The zero-order valence-electron chi connectivity index (χ0n) is 13.5. The van der Waals surface area contributed by atoms with Crippen molar-refractivity contribution in [3.05, 3.63) is 12.4 Å². The van der Waals surface area contributed by atoms with Gasteiger partial charge in [-0.1, -0.05) is 0 Å². The quantitative estimate of drug-likeness (QED) is 0.857. The molecule has 2 aliphatic rings. The van der Waals surface area contributed by atoms with Crippen molar-refractivity contribution in [2.75, 3.05) is 30.9 Å². The van der Waals surface area contributed by atoms with Gasteiger partial charge in [0, 0.05) is 26.7 Å². The van der Waals surface area contributed by atoms with E-state index >= 15 is 0 Å². The van der Waals surface area contributed by atoms with E-state index in [2.05, 4.69) is 20.6 Å². The van der Waals surface area contributed by atoms with Gasteiger partial charge in [0.05, 0.1) is 18.1 Å². The van der Waals surface area contributed by atoms with Crippen molar-refractivity contribution in [1.82, 2.24) is 20.2 Å². The van der Waals surface area contributed by atoms with Crippen molar-refractivity contribution in [3.63, 3.8) is 0 Å². The lowest BCUT2D eigenvalue weighted by molar-refractivity contribution is -0.124. The first-order chi connectivity index (χ1) is 11.0. The smallest absolute Gasteiger partial charge is 0.322 e. The minimum absolute atomic E-state index is 0.0423. The van der Waals surface area contributed by atoms with E-state index in [0.29, 0.717) is 30.6 Å². The number of carbonyl (C=O) groups is 2. The zero-order valence-corrected chi connectivity index (χ0v) is 13.5. The van der Waals surface area contributed by atoms with Crippen LogP contribution in [0, 0.1) is 0 Å². The number of rotatable bonds is 4. The molecule has 0 radical (unpaired) electrons. The van der Waals surface area contributed by atoms with Gasteiger partial charge >= 0.3 is 6.03 Å². The maximum absolute atomic E-state index is 12.4. The Bertz CT molecular complexity index is 584. The molecule has 1 aromatic rings. The number of urea groups is 1. The standard InChI is InChI=1S/C15H22N6O2/c1-20(2)14-16-8-11(9-17-14)19-15(23)21-7-3-4-12(21)13(22)18-10-5-6-10/h8-10,12H,3-7H2,1-2H3,(H,18,22)(H,19,23)/t12-/m1/s1. The van der Waals surface area contributed by atoms with Gasteiger partial charge in [-0.05, 0) is 25.7 Å². The third kappa shape index (κ3) is 3.69. The highest BCUT2D eigenvalue weighted by Gasteiger charge is 2.36. The van der Waals surface area contributed by atoms with Crippen molar-refractivity contribution >= 4 is 23.6 Å². The second kappa shape index (κ2) is 6.39. The fourth-order valence-corrected chi connectivity index (χ4v) is 2.62. The summed E-state index contributed by atoms with van der Waals surface area (Å²) >= 11 is 0. The summed E-state index contributed by atoms with van der Waals surface area (Å²) in [5.74, 6) is 0.533. The van der Waals surface area contributed by atoms with Gasteiger partial charge in [0.2, 0.25) is 11.9 Å². The molecule has 2 N–H and O–H groups in total. The Labute approximate surface area is 135 Å². The van der Waals surface area contributed by atoms with Gasteiger partial charge in [-0.2, -0.15) is 0 Å². The molecule has 0 bridgehead atoms. The van der Waals surface area contributed by atoms with Crippen LogP contribution >= 0.6 is 0 Å². The molecule has 124 valence electrons. The number of aromatic nitrogens is 2. The van der Waals surface area contributed by atoms with E-state index in [9.17, 15) is 9.59 Å². The minimum atomic E-state index is -0.377.